The quantitative estimate of drug-likeness (QED) is 0.539. The van der Waals surface area contributed by atoms with Gasteiger partial charge in [0.2, 0.25) is 11.8 Å². The maximum atomic E-state index is 11.4. The summed E-state index contributed by atoms with van der Waals surface area (Å²) in [5.74, 6) is 0.843. The minimum absolute atomic E-state index is 0.243. The van der Waals surface area contributed by atoms with Crippen LogP contribution in [0.15, 0.2) is 47.1 Å². The zero-order valence-electron chi connectivity index (χ0n) is 14.9. The van der Waals surface area contributed by atoms with Gasteiger partial charge in [-0.3, -0.25) is 4.79 Å². The van der Waals surface area contributed by atoms with Gasteiger partial charge >= 0.3 is 0 Å². The summed E-state index contributed by atoms with van der Waals surface area (Å²) in [6, 6.07) is 9.11. The summed E-state index contributed by atoms with van der Waals surface area (Å²) < 4.78 is 5.87. The molecule has 3 heterocycles. The summed E-state index contributed by atoms with van der Waals surface area (Å²) in [7, 11) is 17.0. The summed E-state index contributed by atoms with van der Waals surface area (Å²) in [6.07, 6.45) is 3.10. The molecule has 2 N–H and O–H groups in total. The molecular weight excluding hydrogens is 351 g/mol. The lowest BCUT2D eigenvalue weighted by atomic mass is 9.49. The van der Waals surface area contributed by atoms with Crippen LogP contribution in [-0.4, -0.2) is 49.6 Å². The molecule has 3 aromatic heterocycles. The van der Waals surface area contributed by atoms with E-state index in [0.717, 1.165) is 0 Å². The summed E-state index contributed by atoms with van der Waals surface area (Å²) in [6.45, 7) is 1.40. The SMILES string of the molecule is [B]C([B])([B])Nc1ncc(-c2nc3ccccc3o2)c2cc(NC(C)=O)ncc12. The number of nitrogens with zero attached hydrogens (tertiary/aromatic N) is 3. The number of pyridine rings is 2. The van der Waals surface area contributed by atoms with E-state index in [0.29, 0.717) is 45.0 Å². The topological polar surface area (TPSA) is 92.9 Å². The summed E-state index contributed by atoms with van der Waals surface area (Å²) >= 11 is 0. The maximum Gasteiger partial charge on any atom is 0.229 e. The predicted molar refractivity (Wildman–Crippen MR) is 110 cm³/mol. The van der Waals surface area contributed by atoms with Crippen LogP contribution >= 0.6 is 0 Å². The van der Waals surface area contributed by atoms with Crippen molar-refractivity contribution in [1.82, 2.24) is 15.0 Å². The first-order valence-electron chi connectivity index (χ1n) is 8.37. The number of carbonyl (C=O) groups excluding carboxylic acids is 1. The van der Waals surface area contributed by atoms with Crippen molar-refractivity contribution < 1.29 is 9.21 Å². The van der Waals surface area contributed by atoms with Crippen LogP contribution in [0.1, 0.15) is 6.92 Å². The van der Waals surface area contributed by atoms with E-state index in [1.807, 2.05) is 24.3 Å². The van der Waals surface area contributed by atoms with E-state index < -0.39 is 5.24 Å². The van der Waals surface area contributed by atoms with Gasteiger partial charge < -0.3 is 15.1 Å². The zero-order valence-corrected chi connectivity index (χ0v) is 14.9. The Labute approximate surface area is 164 Å². The number of fused-ring (bicyclic) bond motifs is 2. The van der Waals surface area contributed by atoms with Gasteiger partial charge in [0.15, 0.2) is 5.58 Å². The minimum atomic E-state index is -1.67. The van der Waals surface area contributed by atoms with Gasteiger partial charge in [-0.25, -0.2) is 15.0 Å². The molecule has 28 heavy (non-hydrogen) atoms. The van der Waals surface area contributed by atoms with Gasteiger partial charge in [-0.1, -0.05) is 17.4 Å². The van der Waals surface area contributed by atoms with E-state index in [-0.39, 0.29) is 5.91 Å². The van der Waals surface area contributed by atoms with Crippen molar-refractivity contribution in [2.24, 2.45) is 0 Å². The largest absolute Gasteiger partial charge is 0.436 e. The highest BCUT2D eigenvalue weighted by Gasteiger charge is 2.18. The van der Waals surface area contributed by atoms with E-state index >= 15 is 0 Å². The van der Waals surface area contributed by atoms with E-state index in [1.165, 1.54) is 13.1 Å². The first kappa shape index (κ1) is 18.1. The summed E-state index contributed by atoms with van der Waals surface area (Å²) in [4.78, 5) is 24.5. The normalized spacial score (nSPS) is 11.6. The molecule has 0 aliphatic rings. The van der Waals surface area contributed by atoms with E-state index in [4.69, 9.17) is 28.0 Å². The molecule has 1 amide bonds. The second-order valence-electron chi connectivity index (χ2n) is 6.36. The molecule has 130 valence electrons. The Morgan fingerprint density at radius 2 is 1.89 bits per heavy atom. The molecule has 0 atom stereocenters. The number of hydrogen-bond donors (Lipinski definition) is 2. The third kappa shape index (κ3) is 3.58. The van der Waals surface area contributed by atoms with Crippen LogP contribution in [0.5, 0.6) is 0 Å². The summed E-state index contributed by atoms with van der Waals surface area (Å²) in [5.41, 5.74) is 1.98. The average Bonchev–Trinajstić information content (AvgIpc) is 3.03. The molecule has 1 aromatic carbocycles. The van der Waals surface area contributed by atoms with Crippen LogP contribution in [0.4, 0.5) is 11.6 Å². The number of rotatable bonds is 4. The Balaban J connectivity index is 1.93. The number of hydrogen-bond acceptors (Lipinski definition) is 6. The Morgan fingerprint density at radius 1 is 1.11 bits per heavy atom. The van der Waals surface area contributed by atoms with Gasteiger partial charge in [0.05, 0.1) is 29.1 Å². The zero-order chi connectivity index (χ0) is 19.9. The number of anilines is 2. The highest BCUT2D eigenvalue weighted by Crippen LogP contribution is 2.34. The Hall–Kier alpha value is -3.29. The van der Waals surface area contributed by atoms with Crippen LogP contribution < -0.4 is 10.6 Å². The van der Waals surface area contributed by atoms with Crippen molar-refractivity contribution in [3.05, 3.63) is 42.7 Å². The number of oxazole rings is 1. The lowest BCUT2D eigenvalue weighted by molar-refractivity contribution is -0.114. The third-order valence-corrected chi connectivity index (χ3v) is 3.94. The number of nitrogens with one attached hydrogen (secondary N) is 2. The monoisotopic (exact) mass is 363 g/mol. The Bertz CT molecular complexity index is 1170. The van der Waals surface area contributed by atoms with Gasteiger partial charge in [-0.05, 0) is 18.2 Å². The number of para-hydroxylation sites is 2. The molecule has 6 radical (unpaired) electrons. The molecule has 4 aromatic rings. The molecule has 0 aliphatic heterocycles. The van der Waals surface area contributed by atoms with E-state index in [1.54, 1.807) is 12.3 Å². The Morgan fingerprint density at radius 3 is 2.61 bits per heavy atom. The smallest absolute Gasteiger partial charge is 0.229 e. The van der Waals surface area contributed by atoms with Crippen LogP contribution in [0.2, 0.25) is 0 Å². The highest BCUT2D eigenvalue weighted by molar-refractivity contribution is 6.60. The number of aromatic nitrogens is 3. The molecule has 10 heteroatoms. The standard InChI is InChI=1S/C18H12B3N5O2/c1-9(27)24-15-6-10-11(7-22-15)16(26-18(19,20)21)23-8-12(10)17-25-13-4-2-3-5-14(13)28-17/h2-8H,1H3,(H,23,26)(H,22,24,27). The fraction of sp³-hybridized carbons (Fsp3) is 0.111. The maximum absolute atomic E-state index is 11.4. The van der Waals surface area contributed by atoms with Gasteiger partial charge in [0, 0.05) is 30.1 Å². The molecule has 4 rings (SSSR count). The van der Waals surface area contributed by atoms with E-state index in [9.17, 15) is 4.79 Å². The minimum Gasteiger partial charge on any atom is -0.436 e. The van der Waals surface area contributed by atoms with Crippen LogP contribution in [-0.2, 0) is 4.79 Å². The van der Waals surface area contributed by atoms with Crippen molar-refractivity contribution in [1.29, 1.82) is 0 Å². The van der Waals surface area contributed by atoms with Crippen molar-refractivity contribution >= 4 is 63.0 Å². The van der Waals surface area contributed by atoms with Crippen LogP contribution in [0.25, 0.3) is 33.3 Å². The molecule has 7 nitrogen and oxygen atoms in total. The van der Waals surface area contributed by atoms with Crippen molar-refractivity contribution in [2.75, 3.05) is 10.6 Å². The lowest BCUT2D eigenvalue weighted by Gasteiger charge is -2.24. The van der Waals surface area contributed by atoms with Crippen molar-refractivity contribution in [3.8, 4) is 11.5 Å². The number of amides is 1. The van der Waals surface area contributed by atoms with E-state index in [2.05, 4.69) is 25.6 Å². The van der Waals surface area contributed by atoms with Crippen LogP contribution in [0, 0.1) is 0 Å². The number of benzene rings is 1. The fourth-order valence-corrected chi connectivity index (χ4v) is 2.85. The van der Waals surface area contributed by atoms with Gasteiger partial charge in [-0.15, -0.1) is 0 Å². The first-order valence-corrected chi connectivity index (χ1v) is 8.37. The summed E-state index contributed by atoms with van der Waals surface area (Å²) in [5, 5.41) is 4.97. The first-order chi connectivity index (χ1) is 13.3. The van der Waals surface area contributed by atoms with Gasteiger partial charge in [0.25, 0.3) is 0 Å². The molecule has 0 spiro atoms. The van der Waals surface area contributed by atoms with Crippen LogP contribution in [0.3, 0.4) is 0 Å². The lowest BCUT2D eigenvalue weighted by Crippen LogP contribution is -2.40. The molecule has 0 saturated heterocycles. The molecule has 0 aliphatic carbocycles. The molecule has 0 fully saturated rings. The number of carbonyl (C=O) groups is 1. The molecule has 0 saturated carbocycles. The second-order valence-corrected chi connectivity index (χ2v) is 6.36. The van der Waals surface area contributed by atoms with Crippen molar-refractivity contribution in [3.63, 3.8) is 0 Å². The second kappa shape index (κ2) is 6.71. The molecular formula is C18H12B3N5O2. The molecule has 0 unspecified atom stereocenters. The fourth-order valence-electron chi connectivity index (χ4n) is 2.85. The van der Waals surface area contributed by atoms with Gasteiger partial charge in [0.1, 0.15) is 17.2 Å². The average molecular weight is 363 g/mol. The predicted octanol–water partition coefficient (Wildman–Crippen LogP) is 1.93. The highest BCUT2D eigenvalue weighted by atomic mass is 16.3. The molecule has 0 bridgehead atoms. The van der Waals surface area contributed by atoms with Gasteiger partial charge in [-0.2, -0.15) is 0 Å². The Kier molecular flexibility index (Phi) is 4.33. The van der Waals surface area contributed by atoms with Crippen molar-refractivity contribution in [2.45, 2.75) is 12.2 Å². The third-order valence-electron chi connectivity index (χ3n) is 3.94.